The number of hydrogen-bond donors (Lipinski definition) is 2. The second kappa shape index (κ2) is 6.42. The van der Waals surface area contributed by atoms with Gasteiger partial charge < -0.3 is 10.7 Å². The van der Waals surface area contributed by atoms with E-state index in [4.69, 9.17) is 5.73 Å². The van der Waals surface area contributed by atoms with Gasteiger partial charge >= 0.3 is 0 Å². The highest BCUT2D eigenvalue weighted by Crippen LogP contribution is 2.38. The first-order chi connectivity index (χ1) is 12.4. The molecule has 0 radical (unpaired) electrons. The number of aromatic nitrogens is 5. The van der Waals surface area contributed by atoms with Crippen LogP contribution in [0.5, 0.6) is 0 Å². The second-order valence-electron chi connectivity index (χ2n) is 6.60. The van der Waals surface area contributed by atoms with Crippen molar-refractivity contribution in [3.63, 3.8) is 0 Å². The number of thiazole rings is 1. The van der Waals surface area contributed by atoms with Crippen LogP contribution < -0.4 is 11.3 Å². The number of hydrogen-bond acceptors (Lipinski definition) is 6. The first-order valence-corrected chi connectivity index (χ1v) is 9.33. The Hall–Kier alpha value is -2.36. The van der Waals surface area contributed by atoms with E-state index >= 15 is 0 Å². The number of halogens is 2. The summed E-state index contributed by atoms with van der Waals surface area (Å²) in [6, 6.07) is -0.160. The zero-order valence-electron chi connectivity index (χ0n) is 13.9. The SMILES string of the molecule is Nc1nc(CCc2nc3c(cnn3C3CCC(F)(F)CC3)c(=O)[nH]2)cs1. The lowest BCUT2D eigenvalue weighted by atomic mass is 9.92. The molecule has 0 saturated heterocycles. The van der Waals surface area contributed by atoms with Gasteiger partial charge in [-0.05, 0) is 19.3 Å². The van der Waals surface area contributed by atoms with Crippen molar-refractivity contribution >= 4 is 27.5 Å². The van der Waals surface area contributed by atoms with Crippen LogP contribution in [-0.2, 0) is 12.8 Å². The van der Waals surface area contributed by atoms with Gasteiger partial charge in [0.05, 0.1) is 17.9 Å². The van der Waals surface area contributed by atoms with Crippen LogP contribution in [0.15, 0.2) is 16.4 Å². The second-order valence-corrected chi connectivity index (χ2v) is 7.49. The van der Waals surface area contributed by atoms with Crippen molar-refractivity contribution in [2.24, 2.45) is 0 Å². The lowest BCUT2D eigenvalue weighted by Gasteiger charge is -2.28. The van der Waals surface area contributed by atoms with Crippen molar-refractivity contribution < 1.29 is 8.78 Å². The number of alkyl halides is 2. The lowest BCUT2D eigenvalue weighted by Crippen LogP contribution is -2.27. The summed E-state index contributed by atoms with van der Waals surface area (Å²) < 4.78 is 28.5. The first-order valence-electron chi connectivity index (χ1n) is 8.45. The molecule has 26 heavy (non-hydrogen) atoms. The fourth-order valence-corrected chi connectivity index (χ4v) is 3.92. The Balaban J connectivity index is 1.60. The van der Waals surface area contributed by atoms with Gasteiger partial charge in [0.15, 0.2) is 10.8 Å². The van der Waals surface area contributed by atoms with E-state index < -0.39 is 5.92 Å². The lowest BCUT2D eigenvalue weighted by molar-refractivity contribution is -0.0446. The summed E-state index contributed by atoms with van der Waals surface area (Å²) in [5.41, 5.74) is 6.66. The molecule has 1 saturated carbocycles. The maximum absolute atomic E-state index is 13.4. The molecule has 7 nitrogen and oxygen atoms in total. The number of nitrogens with zero attached hydrogens (tertiary/aromatic N) is 4. The number of nitrogen functional groups attached to an aromatic ring is 1. The van der Waals surface area contributed by atoms with Crippen LogP contribution in [-0.4, -0.2) is 30.7 Å². The van der Waals surface area contributed by atoms with Gasteiger partial charge in [-0.2, -0.15) is 5.10 Å². The molecule has 0 atom stereocenters. The van der Waals surface area contributed by atoms with Gasteiger partial charge in [-0.15, -0.1) is 11.3 Å². The zero-order chi connectivity index (χ0) is 18.3. The molecule has 0 bridgehead atoms. The molecule has 1 aliphatic rings. The number of nitrogens with one attached hydrogen (secondary N) is 1. The number of fused-ring (bicyclic) bond motifs is 1. The molecule has 0 aliphatic heterocycles. The quantitative estimate of drug-likeness (QED) is 0.724. The predicted octanol–water partition coefficient (Wildman–Crippen LogP) is 2.69. The van der Waals surface area contributed by atoms with Crippen LogP contribution in [0.1, 0.15) is 43.2 Å². The van der Waals surface area contributed by atoms with Crippen molar-refractivity contribution in [1.82, 2.24) is 24.7 Å². The van der Waals surface area contributed by atoms with Gasteiger partial charge in [0, 0.05) is 24.6 Å². The van der Waals surface area contributed by atoms with Crippen molar-refractivity contribution in [3.05, 3.63) is 33.4 Å². The number of aryl methyl sites for hydroxylation is 2. The molecule has 0 spiro atoms. The van der Waals surface area contributed by atoms with Gasteiger partial charge in [-0.1, -0.05) is 0 Å². The van der Waals surface area contributed by atoms with Crippen molar-refractivity contribution in [1.29, 1.82) is 0 Å². The minimum atomic E-state index is -2.61. The molecule has 3 aromatic rings. The molecule has 138 valence electrons. The molecule has 0 unspecified atom stereocenters. The summed E-state index contributed by atoms with van der Waals surface area (Å²) in [4.78, 5) is 23.8. The molecular weight excluding hydrogens is 362 g/mol. The molecule has 4 rings (SSSR count). The van der Waals surface area contributed by atoms with Gasteiger partial charge in [0.2, 0.25) is 5.92 Å². The number of aromatic amines is 1. The summed E-state index contributed by atoms with van der Waals surface area (Å²) in [6.45, 7) is 0. The van der Waals surface area contributed by atoms with Crippen LogP contribution in [0, 0.1) is 0 Å². The Morgan fingerprint density at radius 2 is 2.08 bits per heavy atom. The fourth-order valence-electron chi connectivity index (χ4n) is 3.32. The molecular formula is C16H18F2N6OS. The van der Waals surface area contributed by atoms with Gasteiger partial charge in [0.1, 0.15) is 11.2 Å². The average Bonchev–Trinajstić information content (AvgIpc) is 3.20. The Morgan fingerprint density at radius 1 is 1.31 bits per heavy atom. The smallest absolute Gasteiger partial charge is 0.262 e. The third-order valence-corrected chi connectivity index (χ3v) is 5.46. The van der Waals surface area contributed by atoms with Crippen molar-refractivity contribution in [3.8, 4) is 0 Å². The van der Waals surface area contributed by atoms with Gasteiger partial charge in [0.25, 0.3) is 5.56 Å². The highest BCUT2D eigenvalue weighted by atomic mass is 32.1. The van der Waals surface area contributed by atoms with Crippen molar-refractivity contribution in [2.75, 3.05) is 5.73 Å². The number of rotatable bonds is 4. The average molecular weight is 380 g/mol. The summed E-state index contributed by atoms with van der Waals surface area (Å²) in [6.07, 6.45) is 2.88. The van der Waals surface area contributed by atoms with E-state index in [0.717, 1.165) is 5.69 Å². The summed E-state index contributed by atoms with van der Waals surface area (Å²) >= 11 is 1.37. The minimum absolute atomic E-state index is 0.160. The number of nitrogens with two attached hydrogens (primary N) is 1. The predicted molar refractivity (Wildman–Crippen MR) is 94.5 cm³/mol. The van der Waals surface area contributed by atoms with E-state index in [2.05, 4.69) is 20.1 Å². The van der Waals surface area contributed by atoms with E-state index in [9.17, 15) is 13.6 Å². The highest BCUT2D eigenvalue weighted by Gasteiger charge is 2.36. The molecule has 0 aromatic carbocycles. The Morgan fingerprint density at radius 3 is 2.77 bits per heavy atom. The Kier molecular flexibility index (Phi) is 4.22. The van der Waals surface area contributed by atoms with E-state index in [1.807, 2.05) is 5.38 Å². The summed E-state index contributed by atoms with van der Waals surface area (Å²) in [5.74, 6) is -2.08. The van der Waals surface area contributed by atoms with Crippen molar-refractivity contribution in [2.45, 2.75) is 50.5 Å². The van der Waals surface area contributed by atoms with Crippen LogP contribution in [0.4, 0.5) is 13.9 Å². The standard InChI is InChI=1S/C16H18F2N6OS/c17-16(18)5-3-10(4-6-16)24-13-11(7-20-24)14(25)23-12(22-13)2-1-9-8-26-15(19)21-9/h7-8,10H,1-6H2,(H2,19,21)(H,22,23,25). The number of H-pyrrole nitrogens is 1. The van der Waals surface area contributed by atoms with E-state index in [1.165, 1.54) is 17.5 Å². The summed E-state index contributed by atoms with van der Waals surface area (Å²) in [7, 11) is 0. The molecule has 10 heteroatoms. The normalized spacial score (nSPS) is 17.8. The molecule has 1 aliphatic carbocycles. The fraction of sp³-hybridized carbons (Fsp3) is 0.500. The summed E-state index contributed by atoms with van der Waals surface area (Å²) in [5, 5.41) is 7.01. The maximum atomic E-state index is 13.4. The first kappa shape index (κ1) is 17.1. The molecule has 1 fully saturated rings. The number of anilines is 1. The minimum Gasteiger partial charge on any atom is -0.375 e. The maximum Gasteiger partial charge on any atom is 0.262 e. The zero-order valence-corrected chi connectivity index (χ0v) is 14.7. The third kappa shape index (κ3) is 3.33. The topological polar surface area (TPSA) is 102 Å². The monoisotopic (exact) mass is 380 g/mol. The largest absolute Gasteiger partial charge is 0.375 e. The van der Waals surface area contributed by atoms with E-state index in [-0.39, 0.29) is 24.4 Å². The van der Waals surface area contributed by atoms with E-state index in [1.54, 1.807) is 4.68 Å². The van der Waals surface area contributed by atoms with E-state index in [0.29, 0.717) is 47.7 Å². The molecule has 3 N–H and O–H groups in total. The van der Waals surface area contributed by atoms with Crippen LogP contribution in [0.25, 0.3) is 11.0 Å². The van der Waals surface area contributed by atoms with Crippen LogP contribution in [0.2, 0.25) is 0 Å². The van der Waals surface area contributed by atoms with Gasteiger partial charge in [-0.3, -0.25) is 4.79 Å². The highest BCUT2D eigenvalue weighted by molar-refractivity contribution is 7.13. The van der Waals surface area contributed by atoms with Gasteiger partial charge in [-0.25, -0.2) is 23.4 Å². The third-order valence-electron chi connectivity index (χ3n) is 4.73. The Bertz CT molecular complexity index is 984. The van der Waals surface area contributed by atoms with Crippen LogP contribution >= 0.6 is 11.3 Å². The molecule has 0 amide bonds. The van der Waals surface area contributed by atoms with Crippen LogP contribution in [0.3, 0.4) is 0 Å². The Labute approximate surface area is 151 Å². The molecule has 3 aromatic heterocycles. The molecule has 3 heterocycles.